The standard InChI is InChI=1S/C26H29N3O4S/c1-17-14-18(2)25(19(3)15-17)34(32,33)29-24(16-21-8-6-5-7-9-21)26(31)28-23-12-10-22(11-13-23)27-20(4)30/h5-15,24,29H,16H2,1-4H3,(H,27,30)(H,28,31)/t24-/m0/s1. The summed E-state index contributed by atoms with van der Waals surface area (Å²) in [6.07, 6.45) is 0.180. The lowest BCUT2D eigenvalue weighted by Gasteiger charge is -2.21. The number of nitrogens with one attached hydrogen (secondary N) is 3. The second-order valence-electron chi connectivity index (χ2n) is 8.34. The van der Waals surface area contributed by atoms with E-state index in [9.17, 15) is 18.0 Å². The van der Waals surface area contributed by atoms with Crippen molar-refractivity contribution in [3.05, 3.63) is 89.0 Å². The summed E-state index contributed by atoms with van der Waals surface area (Å²) in [4.78, 5) is 24.6. The zero-order chi connectivity index (χ0) is 24.9. The maximum atomic E-state index is 13.4. The van der Waals surface area contributed by atoms with Crippen LogP contribution in [0.5, 0.6) is 0 Å². The van der Waals surface area contributed by atoms with Crippen LogP contribution in [0.25, 0.3) is 0 Å². The van der Waals surface area contributed by atoms with Crippen molar-refractivity contribution >= 4 is 33.2 Å². The van der Waals surface area contributed by atoms with Crippen molar-refractivity contribution in [3.63, 3.8) is 0 Å². The molecule has 0 fully saturated rings. The number of hydrogen-bond donors (Lipinski definition) is 3. The van der Waals surface area contributed by atoms with Crippen LogP contribution < -0.4 is 15.4 Å². The molecule has 1 atom stereocenters. The highest BCUT2D eigenvalue weighted by Gasteiger charge is 2.28. The van der Waals surface area contributed by atoms with Gasteiger partial charge in [-0.05, 0) is 68.1 Å². The molecule has 7 nitrogen and oxygen atoms in total. The van der Waals surface area contributed by atoms with Gasteiger partial charge in [0.05, 0.1) is 4.90 Å². The van der Waals surface area contributed by atoms with Crippen molar-refractivity contribution in [1.29, 1.82) is 0 Å². The molecule has 2 amide bonds. The molecular weight excluding hydrogens is 450 g/mol. The minimum atomic E-state index is -3.97. The number of hydrogen-bond acceptors (Lipinski definition) is 4. The highest BCUT2D eigenvalue weighted by molar-refractivity contribution is 7.89. The van der Waals surface area contributed by atoms with E-state index in [0.29, 0.717) is 22.5 Å². The van der Waals surface area contributed by atoms with Gasteiger partial charge in [0, 0.05) is 18.3 Å². The normalized spacial score (nSPS) is 12.1. The predicted molar refractivity (Wildman–Crippen MR) is 134 cm³/mol. The lowest BCUT2D eigenvalue weighted by molar-refractivity contribution is -0.117. The van der Waals surface area contributed by atoms with Crippen molar-refractivity contribution in [2.24, 2.45) is 0 Å². The molecule has 0 saturated carbocycles. The van der Waals surface area contributed by atoms with Gasteiger partial charge in [0.2, 0.25) is 21.8 Å². The van der Waals surface area contributed by atoms with Crippen molar-refractivity contribution in [2.75, 3.05) is 10.6 Å². The predicted octanol–water partition coefficient (Wildman–Crippen LogP) is 4.10. The Kier molecular flexibility index (Phi) is 7.86. The third-order valence-corrected chi connectivity index (χ3v) is 7.02. The average Bonchev–Trinajstić information content (AvgIpc) is 2.74. The molecule has 3 N–H and O–H groups in total. The summed E-state index contributed by atoms with van der Waals surface area (Å²) in [6.45, 7) is 6.81. The Morgan fingerprint density at radius 2 is 1.35 bits per heavy atom. The summed E-state index contributed by atoms with van der Waals surface area (Å²) in [6, 6.07) is 18.4. The second kappa shape index (κ2) is 10.6. The van der Waals surface area contributed by atoms with E-state index < -0.39 is 22.0 Å². The first-order valence-corrected chi connectivity index (χ1v) is 12.4. The van der Waals surface area contributed by atoms with E-state index >= 15 is 0 Å². The van der Waals surface area contributed by atoms with E-state index in [4.69, 9.17) is 0 Å². The number of benzene rings is 3. The Bertz CT molecular complexity index is 1260. The smallest absolute Gasteiger partial charge is 0.242 e. The molecule has 0 unspecified atom stereocenters. The maximum absolute atomic E-state index is 13.4. The van der Waals surface area contributed by atoms with Crippen molar-refractivity contribution in [2.45, 2.75) is 45.1 Å². The Hall–Kier alpha value is -3.49. The Morgan fingerprint density at radius 1 is 0.824 bits per heavy atom. The SMILES string of the molecule is CC(=O)Nc1ccc(NC(=O)[C@H](Cc2ccccc2)NS(=O)(=O)c2c(C)cc(C)cc2C)cc1. The molecule has 0 aliphatic rings. The van der Waals surface area contributed by atoms with E-state index in [1.54, 1.807) is 38.1 Å². The molecule has 178 valence electrons. The number of carbonyl (C=O) groups is 2. The summed E-state index contributed by atoms with van der Waals surface area (Å²) in [5.74, 6) is -0.682. The lowest BCUT2D eigenvalue weighted by Crippen LogP contribution is -2.45. The minimum Gasteiger partial charge on any atom is -0.326 e. The first kappa shape index (κ1) is 25.1. The molecule has 0 aromatic heterocycles. The van der Waals surface area contributed by atoms with Gasteiger partial charge >= 0.3 is 0 Å². The molecule has 0 bridgehead atoms. The molecule has 8 heteroatoms. The molecular formula is C26H29N3O4S. The van der Waals surface area contributed by atoms with Gasteiger partial charge in [-0.2, -0.15) is 4.72 Å². The quantitative estimate of drug-likeness (QED) is 0.452. The van der Waals surface area contributed by atoms with Crippen molar-refractivity contribution < 1.29 is 18.0 Å². The zero-order valence-corrected chi connectivity index (χ0v) is 20.5. The largest absolute Gasteiger partial charge is 0.326 e. The monoisotopic (exact) mass is 479 g/mol. The minimum absolute atomic E-state index is 0.180. The van der Waals surface area contributed by atoms with Crippen LogP contribution in [0.15, 0.2) is 71.6 Å². The first-order chi connectivity index (χ1) is 16.0. The highest BCUT2D eigenvalue weighted by Crippen LogP contribution is 2.23. The van der Waals surface area contributed by atoms with E-state index in [0.717, 1.165) is 11.1 Å². The van der Waals surface area contributed by atoms with Crippen LogP contribution in [0.2, 0.25) is 0 Å². The van der Waals surface area contributed by atoms with Gasteiger partial charge in [-0.3, -0.25) is 9.59 Å². The third-order valence-electron chi connectivity index (χ3n) is 5.24. The van der Waals surface area contributed by atoms with E-state index in [-0.39, 0.29) is 17.2 Å². The molecule has 0 aliphatic carbocycles. The number of amides is 2. The molecule has 0 radical (unpaired) electrons. The second-order valence-corrected chi connectivity index (χ2v) is 9.99. The Morgan fingerprint density at radius 3 is 1.88 bits per heavy atom. The fourth-order valence-electron chi connectivity index (χ4n) is 3.94. The summed E-state index contributed by atoms with van der Waals surface area (Å²) in [5.41, 5.74) is 4.12. The molecule has 0 saturated heterocycles. The molecule has 3 aromatic rings. The van der Waals surface area contributed by atoms with Gasteiger partial charge in [-0.1, -0.05) is 48.0 Å². The Balaban J connectivity index is 1.88. The van der Waals surface area contributed by atoms with Crippen molar-refractivity contribution in [3.8, 4) is 0 Å². The molecule has 34 heavy (non-hydrogen) atoms. The summed E-state index contributed by atoms with van der Waals surface area (Å²) >= 11 is 0. The average molecular weight is 480 g/mol. The van der Waals surface area contributed by atoms with Crippen LogP contribution >= 0.6 is 0 Å². The van der Waals surface area contributed by atoms with Gasteiger partial charge in [-0.15, -0.1) is 0 Å². The number of anilines is 2. The van der Waals surface area contributed by atoms with Gasteiger partial charge < -0.3 is 10.6 Å². The fourth-order valence-corrected chi connectivity index (χ4v) is 5.59. The van der Waals surface area contributed by atoms with Gasteiger partial charge in [0.1, 0.15) is 6.04 Å². The summed E-state index contributed by atoms with van der Waals surface area (Å²) in [5, 5.41) is 5.44. The topological polar surface area (TPSA) is 104 Å². The maximum Gasteiger partial charge on any atom is 0.242 e. The highest BCUT2D eigenvalue weighted by atomic mass is 32.2. The van der Waals surface area contributed by atoms with Crippen LogP contribution in [-0.4, -0.2) is 26.3 Å². The van der Waals surface area contributed by atoms with Crippen molar-refractivity contribution in [1.82, 2.24) is 4.72 Å². The molecule has 3 rings (SSSR count). The number of rotatable bonds is 8. The number of aryl methyl sites for hydroxylation is 3. The van der Waals surface area contributed by atoms with Gasteiger partial charge in [0.25, 0.3) is 0 Å². The molecule has 0 spiro atoms. The Labute approximate surface area is 200 Å². The van der Waals surface area contributed by atoms with Crippen LogP contribution in [0.3, 0.4) is 0 Å². The van der Waals surface area contributed by atoms with E-state index in [1.807, 2.05) is 49.4 Å². The van der Waals surface area contributed by atoms with Gasteiger partial charge in [0.15, 0.2) is 0 Å². The number of carbonyl (C=O) groups excluding carboxylic acids is 2. The van der Waals surface area contributed by atoms with E-state index in [2.05, 4.69) is 15.4 Å². The molecule has 3 aromatic carbocycles. The lowest BCUT2D eigenvalue weighted by atomic mass is 10.1. The van der Waals surface area contributed by atoms with Gasteiger partial charge in [-0.25, -0.2) is 8.42 Å². The first-order valence-electron chi connectivity index (χ1n) is 10.9. The molecule has 0 aliphatic heterocycles. The van der Waals surface area contributed by atoms with E-state index in [1.165, 1.54) is 6.92 Å². The van der Waals surface area contributed by atoms with Crippen LogP contribution in [0.1, 0.15) is 29.2 Å². The summed E-state index contributed by atoms with van der Waals surface area (Å²) < 4.78 is 29.3. The van der Waals surface area contributed by atoms with Crippen LogP contribution in [0, 0.1) is 20.8 Å². The van der Waals surface area contributed by atoms with Crippen LogP contribution in [-0.2, 0) is 26.0 Å². The summed E-state index contributed by atoms with van der Waals surface area (Å²) in [7, 11) is -3.97. The number of sulfonamides is 1. The van der Waals surface area contributed by atoms with Crippen LogP contribution in [0.4, 0.5) is 11.4 Å². The third kappa shape index (κ3) is 6.52. The zero-order valence-electron chi connectivity index (χ0n) is 19.7. The molecule has 0 heterocycles. The fraction of sp³-hybridized carbons (Fsp3) is 0.231.